The van der Waals surface area contributed by atoms with Gasteiger partial charge in [0.2, 0.25) is 0 Å². The predicted octanol–water partition coefficient (Wildman–Crippen LogP) is 4.72. The first-order valence-electron chi connectivity index (χ1n) is 15.0. The molecule has 0 rings (SSSR count). The van der Waals surface area contributed by atoms with Crippen LogP contribution in [0.2, 0.25) is 0 Å². The molecule has 250 valence electrons. The summed E-state index contributed by atoms with van der Waals surface area (Å²) in [6, 6.07) is 0. The van der Waals surface area contributed by atoms with E-state index in [1.54, 1.807) is 13.8 Å². The number of hydrogen-bond donors (Lipinski definition) is 4. The van der Waals surface area contributed by atoms with Gasteiger partial charge in [-0.3, -0.25) is 19.2 Å². The molecular formula is C30H56O10S2Zn. The number of unbranched alkanes of at least 4 members (excludes halogenated alkanes) is 8. The number of esters is 4. The van der Waals surface area contributed by atoms with Gasteiger partial charge in [-0.1, -0.05) is 79.1 Å². The van der Waals surface area contributed by atoms with Crippen LogP contribution in [-0.4, -0.2) is 85.2 Å². The number of rotatable bonds is 24. The molecule has 13 heteroatoms. The maximum Gasteiger partial charge on any atom is 0.315 e. The van der Waals surface area contributed by atoms with Gasteiger partial charge in [-0.05, 0) is 12.8 Å². The molecule has 0 saturated heterocycles. The normalized spacial score (nSPS) is 13.2. The van der Waals surface area contributed by atoms with E-state index in [0.29, 0.717) is 12.8 Å². The topological polar surface area (TPSA) is 146 Å². The van der Waals surface area contributed by atoms with E-state index in [1.165, 1.54) is 25.7 Å². The van der Waals surface area contributed by atoms with Crippen molar-refractivity contribution in [1.29, 1.82) is 0 Å². The molecule has 43 heavy (non-hydrogen) atoms. The van der Waals surface area contributed by atoms with Crippen LogP contribution in [0.4, 0.5) is 0 Å². The van der Waals surface area contributed by atoms with Crippen molar-refractivity contribution in [2.45, 2.75) is 105 Å². The zero-order chi connectivity index (χ0) is 32.3. The molecule has 0 heterocycles. The Labute approximate surface area is 282 Å². The largest absolute Gasteiger partial charge is 0.465 e. The number of carbonyl (C=O) groups is 4. The number of ether oxygens (including phenoxy) is 4. The molecule has 2 atom stereocenters. The second kappa shape index (κ2) is 29.8. The van der Waals surface area contributed by atoms with E-state index in [4.69, 9.17) is 18.9 Å². The molecule has 0 bridgehead atoms. The average molecular weight is 706 g/mol. The van der Waals surface area contributed by atoms with Crippen molar-refractivity contribution in [2.24, 2.45) is 10.8 Å². The van der Waals surface area contributed by atoms with Crippen LogP contribution in [-0.2, 0) is 57.6 Å². The van der Waals surface area contributed by atoms with Gasteiger partial charge in [0, 0.05) is 32.3 Å². The first-order chi connectivity index (χ1) is 19.9. The number of carbonyl (C=O) groups excluding carboxylic acids is 4. The molecule has 0 aromatic heterocycles. The van der Waals surface area contributed by atoms with Gasteiger partial charge in [0.15, 0.2) is 0 Å². The molecule has 10 nitrogen and oxygen atoms in total. The zero-order valence-electron chi connectivity index (χ0n) is 26.9. The van der Waals surface area contributed by atoms with Crippen LogP contribution >= 0.6 is 25.3 Å². The van der Waals surface area contributed by atoms with E-state index in [9.17, 15) is 29.4 Å². The van der Waals surface area contributed by atoms with Crippen LogP contribution in [0.3, 0.4) is 0 Å². The molecule has 2 unspecified atom stereocenters. The van der Waals surface area contributed by atoms with E-state index in [2.05, 4.69) is 39.1 Å². The van der Waals surface area contributed by atoms with Gasteiger partial charge in [0.1, 0.15) is 26.4 Å². The number of hydrogen-bond acceptors (Lipinski definition) is 12. The summed E-state index contributed by atoms with van der Waals surface area (Å²) < 4.78 is 20.2. The Morgan fingerprint density at radius 3 is 1.07 bits per heavy atom. The van der Waals surface area contributed by atoms with Gasteiger partial charge in [0.25, 0.3) is 0 Å². The zero-order valence-corrected chi connectivity index (χ0v) is 31.7. The van der Waals surface area contributed by atoms with Crippen LogP contribution in [0.1, 0.15) is 105 Å². The van der Waals surface area contributed by atoms with Crippen molar-refractivity contribution in [1.82, 2.24) is 0 Å². The van der Waals surface area contributed by atoms with Gasteiger partial charge >= 0.3 is 23.9 Å². The van der Waals surface area contributed by atoms with Crippen molar-refractivity contribution in [3.8, 4) is 0 Å². The molecule has 0 spiro atoms. The maximum atomic E-state index is 11.6. The van der Waals surface area contributed by atoms with Crippen LogP contribution in [0.15, 0.2) is 0 Å². The van der Waals surface area contributed by atoms with Crippen molar-refractivity contribution < 1.29 is 67.8 Å². The quantitative estimate of drug-likeness (QED) is 0.0366. The monoisotopic (exact) mass is 704 g/mol. The van der Waals surface area contributed by atoms with Crippen LogP contribution in [0.25, 0.3) is 0 Å². The molecule has 0 aliphatic heterocycles. The summed E-state index contributed by atoms with van der Waals surface area (Å²) in [6.45, 7) is 7.33. The van der Waals surface area contributed by atoms with Crippen molar-refractivity contribution in [3.63, 3.8) is 0 Å². The number of aliphatic hydroxyl groups excluding tert-OH is 2. The van der Waals surface area contributed by atoms with Crippen molar-refractivity contribution in [2.75, 3.05) is 51.1 Å². The summed E-state index contributed by atoms with van der Waals surface area (Å²) in [5.41, 5.74) is -1.53. The number of aliphatic hydroxyl groups is 2. The Bertz CT molecular complexity index is 684. The van der Waals surface area contributed by atoms with Gasteiger partial charge in [-0.25, -0.2) is 0 Å². The SMILES string of the molecule is CCCCCCCC(=O)OCC(C)(CO)COC(=O)CS.CCCCCCCC(=O)OCC(C)(CO)COC(=O)CS.[Zn]. The van der Waals surface area contributed by atoms with Gasteiger partial charge < -0.3 is 29.2 Å². The Hall–Kier alpha value is -0.877. The number of thiol groups is 2. The molecule has 2 N–H and O–H groups in total. The predicted molar refractivity (Wildman–Crippen MR) is 169 cm³/mol. The molecule has 0 aliphatic carbocycles. The first kappa shape index (κ1) is 46.5. The minimum absolute atomic E-state index is 0. The van der Waals surface area contributed by atoms with Crippen LogP contribution in [0.5, 0.6) is 0 Å². The van der Waals surface area contributed by atoms with Gasteiger partial charge in [-0.15, -0.1) is 0 Å². The maximum absolute atomic E-state index is 11.6. The van der Waals surface area contributed by atoms with Crippen LogP contribution in [0, 0.1) is 10.8 Å². The molecule has 0 radical (unpaired) electrons. The molecular weight excluding hydrogens is 650 g/mol. The fraction of sp³-hybridized carbons (Fsp3) is 0.867. The second-order valence-corrected chi connectivity index (χ2v) is 11.9. The Morgan fingerprint density at radius 1 is 0.535 bits per heavy atom. The average Bonchev–Trinajstić information content (AvgIpc) is 3.00. The molecule has 0 fully saturated rings. The third kappa shape index (κ3) is 28.3. The standard InChI is InChI=1S/2C15H28O5S.Zn/c2*1-3-4-5-6-7-8-13(17)19-11-15(2,10-16)12-20-14(18)9-21;/h2*16,21H,3-12H2,1-2H3;. The second-order valence-electron chi connectivity index (χ2n) is 11.2. The smallest absolute Gasteiger partial charge is 0.315 e. The minimum atomic E-state index is -0.767. The summed E-state index contributed by atoms with van der Waals surface area (Å²) >= 11 is 7.60. The molecule has 0 amide bonds. The van der Waals surface area contributed by atoms with E-state index >= 15 is 0 Å². The van der Waals surface area contributed by atoms with E-state index < -0.39 is 22.8 Å². The van der Waals surface area contributed by atoms with Gasteiger partial charge in [-0.2, -0.15) is 25.3 Å². The summed E-state index contributed by atoms with van der Waals surface area (Å²) in [5, 5.41) is 18.7. The molecule has 0 aromatic carbocycles. The Kier molecular flexibility index (Phi) is 32.3. The Morgan fingerprint density at radius 2 is 0.814 bits per heavy atom. The molecule has 0 aliphatic rings. The third-order valence-electron chi connectivity index (χ3n) is 6.32. The van der Waals surface area contributed by atoms with E-state index in [-0.39, 0.29) is 82.6 Å². The van der Waals surface area contributed by atoms with E-state index in [0.717, 1.165) is 38.5 Å². The van der Waals surface area contributed by atoms with Crippen molar-refractivity contribution in [3.05, 3.63) is 0 Å². The first-order valence-corrected chi connectivity index (χ1v) is 16.3. The summed E-state index contributed by atoms with van der Waals surface area (Å²) in [7, 11) is 0. The fourth-order valence-electron chi connectivity index (χ4n) is 3.27. The summed E-state index contributed by atoms with van der Waals surface area (Å²) in [5.74, 6) is -1.49. The third-order valence-corrected chi connectivity index (χ3v) is 6.83. The molecule has 0 aromatic rings. The van der Waals surface area contributed by atoms with E-state index in [1.807, 2.05) is 0 Å². The summed E-state index contributed by atoms with van der Waals surface area (Å²) in [6.07, 6.45) is 11.5. The fourth-order valence-corrected chi connectivity index (χ4v) is 3.45. The minimum Gasteiger partial charge on any atom is -0.465 e. The Balaban J connectivity index is -0.000000727. The van der Waals surface area contributed by atoms with Crippen LogP contribution < -0.4 is 0 Å². The molecule has 0 saturated carbocycles. The van der Waals surface area contributed by atoms with Crippen molar-refractivity contribution >= 4 is 49.1 Å². The van der Waals surface area contributed by atoms with Gasteiger partial charge in [0.05, 0.1) is 35.5 Å². The summed E-state index contributed by atoms with van der Waals surface area (Å²) in [4.78, 5) is 45.3.